The number of amides is 2. The van der Waals surface area contributed by atoms with Crippen LogP contribution >= 0.6 is 11.8 Å². The number of rotatable bonds is 5. The van der Waals surface area contributed by atoms with Gasteiger partial charge in [-0.2, -0.15) is 0 Å². The standard InChI is InChI=1S/C17H22FN3O3S/c18-12-4-2-1-3-10(12)5-15-17(24)21-13(9-25-15)16(23)20-7-11-6-19-8-14(11)22/h1-4,11,13-15,19,22H,5-9H2,(H,20,23)(H,21,24). The van der Waals surface area contributed by atoms with Crippen LogP contribution in [0.15, 0.2) is 24.3 Å². The summed E-state index contributed by atoms with van der Waals surface area (Å²) in [5, 5.41) is 17.9. The zero-order valence-corrected chi connectivity index (χ0v) is 14.5. The van der Waals surface area contributed by atoms with E-state index in [0.717, 1.165) is 0 Å². The van der Waals surface area contributed by atoms with Crippen molar-refractivity contribution in [3.63, 3.8) is 0 Å². The van der Waals surface area contributed by atoms with Crippen LogP contribution in [0.1, 0.15) is 5.56 Å². The minimum atomic E-state index is -0.596. The van der Waals surface area contributed by atoms with Gasteiger partial charge in [0.1, 0.15) is 11.9 Å². The number of carbonyl (C=O) groups excluding carboxylic acids is 2. The summed E-state index contributed by atoms with van der Waals surface area (Å²) in [7, 11) is 0. The Morgan fingerprint density at radius 2 is 2.16 bits per heavy atom. The molecule has 1 aromatic rings. The lowest BCUT2D eigenvalue weighted by atomic mass is 10.1. The van der Waals surface area contributed by atoms with Gasteiger partial charge in [-0.25, -0.2) is 4.39 Å². The molecule has 2 aliphatic rings. The van der Waals surface area contributed by atoms with E-state index in [9.17, 15) is 19.1 Å². The Morgan fingerprint density at radius 1 is 1.36 bits per heavy atom. The highest BCUT2D eigenvalue weighted by Gasteiger charge is 2.33. The number of hydrogen-bond acceptors (Lipinski definition) is 5. The summed E-state index contributed by atoms with van der Waals surface area (Å²) in [4.78, 5) is 24.5. The molecule has 0 saturated carbocycles. The molecular formula is C17H22FN3O3S. The largest absolute Gasteiger partial charge is 0.391 e. The first kappa shape index (κ1) is 18.2. The van der Waals surface area contributed by atoms with E-state index in [1.807, 2.05) is 0 Å². The predicted molar refractivity (Wildman–Crippen MR) is 93.7 cm³/mol. The van der Waals surface area contributed by atoms with E-state index in [-0.39, 0.29) is 23.5 Å². The number of aliphatic hydroxyl groups excluding tert-OH is 1. The van der Waals surface area contributed by atoms with Crippen LogP contribution < -0.4 is 16.0 Å². The van der Waals surface area contributed by atoms with E-state index >= 15 is 0 Å². The summed E-state index contributed by atoms with van der Waals surface area (Å²) in [5.74, 6) is -0.377. The van der Waals surface area contributed by atoms with Crippen molar-refractivity contribution in [2.24, 2.45) is 5.92 Å². The second-order valence-corrected chi connectivity index (χ2v) is 7.65. The second kappa shape index (κ2) is 8.16. The number of halogens is 1. The average Bonchev–Trinajstić information content (AvgIpc) is 3.01. The lowest BCUT2D eigenvalue weighted by Gasteiger charge is -2.28. The van der Waals surface area contributed by atoms with Crippen molar-refractivity contribution < 1.29 is 19.1 Å². The van der Waals surface area contributed by atoms with Crippen molar-refractivity contribution in [3.05, 3.63) is 35.6 Å². The molecule has 2 amide bonds. The van der Waals surface area contributed by atoms with Gasteiger partial charge in [-0.1, -0.05) is 18.2 Å². The van der Waals surface area contributed by atoms with Gasteiger partial charge in [-0.15, -0.1) is 11.8 Å². The molecule has 4 N–H and O–H groups in total. The molecule has 3 rings (SSSR count). The van der Waals surface area contributed by atoms with E-state index in [0.29, 0.717) is 37.4 Å². The molecule has 0 aliphatic carbocycles. The van der Waals surface area contributed by atoms with Gasteiger partial charge in [-0.3, -0.25) is 9.59 Å². The molecule has 2 fully saturated rings. The van der Waals surface area contributed by atoms with Crippen molar-refractivity contribution in [2.75, 3.05) is 25.4 Å². The van der Waals surface area contributed by atoms with Crippen LogP contribution in [0.3, 0.4) is 0 Å². The zero-order valence-electron chi connectivity index (χ0n) is 13.7. The Balaban J connectivity index is 1.48. The SMILES string of the molecule is O=C(NCC1CNCC1O)C1CSC(Cc2ccccc2F)C(=O)N1. The maximum Gasteiger partial charge on any atom is 0.243 e. The maximum absolute atomic E-state index is 13.7. The predicted octanol–water partition coefficient (Wildman–Crippen LogP) is -0.335. The van der Waals surface area contributed by atoms with Crippen LogP contribution in [-0.2, 0) is 16.0 Å². The zero-order chi connectivity index (χ0) is 17.8. The fourth-order valence-corrected chi connectivity index (χ4v) is 4.21. The van der Waals surface area contributed by atoms with Gasteiger partial charge in [0.25, 0.3) is 0 Å². The second-order valence-electron chi connectivity index (χ2n) is 6.41. The number of β-amino-alcohol motifs (C(OH)–C–C–N with tert-alkyl or cyclic N) is 1. The first-order valence-electron chi connectivity index (χ1n) is 8.36. The third kappa shape index (κ3) is 4.50. The highest BCUT2D eigenvalue weighted by atomic mass is 32.2. The normalized spacial score (nSPS) is 29.3. The van der Waals surface area contributed by atoms with Gasteiger partial charge in [0, 0.05) is 31.3 Å². The molecule has 2 saturated heterocycles. The third-order valence-electron chi connectivity index (χ3n) is 4.60. The van der Waals surface area contributed by atoms with Crippen LogP contribution in [0.5, 0.6) is 0 Å². The minimum Gasteiger partial charge on any atom is -0.391 e. The summed E-state index contributed by atoms with van der Waals surface area (Å²) < 4.78 is 13.7. The van der Waals surface area contributed by atoms with Crippen LogP contribution in [0.4, 0.5) is 4.39 Å². The topological polar surface area (TPSA) is 90.5 Å². The van der Waals surface area contributed by atoms with Crippen LogP contribution in [0.2, 0.25) is 0 Å². The molecule has 0 bridgehead atoms. The number of benzene rings is 1. The summed E-state index contributed by atoms with van der Waals surface area (Å²) in [6.07, 6.45) is -0.155. The molecule has 25 heavy (non-hydrogen) atoms. The Kier molecular flexibility index (Phi) is 5.93. The molecule has 136 valence electrons. The molecule has 2 aliphatic heterocycles. The summed E-state index contributed by atoms with van der Waals surface area (Å²) in [6, 6.07) is 5.81. The van der Waals surface area contributed by atoms with Crippen LogP contribution in [-0.4, -0.2) is 59.7 Å². The van der Waals surface area contributed by atoms with Crippen molar-refractivity contribution in [1.82, 2.24) is 16.0 Å². The lowest BCUT2D eigenvalue weighted by Crippen LogP contribution is -2.55. The Bertz CT molecular complexity index is 645. The summed E-state index contributed by atoms with van der Waals surface area (Å²) in [6.45, 7) is 1.58. The van der Waals surface area contributed by atoms with Crippen LogP contribution in [0, 0.1) is 11.7 Å². The molecule has 1 aromatic carbocycles. The van der Waals surface area contributed by atoms with E-state index in [1.54, 1.807) is 18.2 Å². The molecule has 4 atom stereocenters. The number of carbonyl (C=O) groups is 2. The quantitative estimate of drug-likeness (QED) is 0.572. The highest BCUT2D eigenvalue weighted by Crippen LogP contribution is 2.23. The number of hydrogen-bond donors (Lipinski definition) is 4. The molecular weight excluding hydrogens is 345 g/mol. The Labute approximate surface area is 149 Å². The summed E-state index contributed by atoms with van der Waals surface area (Å²) in [5.41, 5.74) is 0.501. The number of aliphatic hydroxyl groups is 1. The third-order valence-corrected chi connectivity index (χ3v) is 5.90. The van der Waals surface area contributed by atoms with Gasteiger partial charge < -0.3 is 21.1 Å². The van der Waals surface area contributed by atoms with Gasteiger partial charge in [0.05, 0.1) is 11.4 Å². The minimum absolute atomic E-state index is 0.00954. The van der Waals surface area contributed by atoms with E-state index in [2.05, 4.69) is 16.0 Å². The smallest absolute Gasteiger partial charge is 0.243 e. The molecule has 0 radical (unpaired) electrons. The van der Waals surface area contributed by atoms with Gasteiger partial charge in [0.2, 0.25) is 11.8 Å². The van der Waals surface area contributed by atoms with Crippen molar-refractivity contribution in [1.29, 1.82) is 0 Å². The maximum atomic E-state index is 13.7. The molecule has 6 nitrogen and oxygen atoms in total. The molecule has 0 spiro atoms. The lowest BCUT2D eigenvalue weighted by molar-refractivity contribution is -0.128. The van der Waals surface area contributed by atoms with Gasteiger partial charge in [-0.05, 0) is 18.1 Å². The van der Waals surface area contributed by atoms with Crippen molar-refractivity contribution in [2.45, 2.75) is 23.8 Å². The molecule has 8 heteroatoms. The van der Waals surface area contributed by atoms with Crippen LogP contribution in [0.25, 0.3) is 0 Å². The molecule has 4 unspecified atom stereocenters. The summed E-state index contributed by atoms with van der Waals surface area (Å²) >= 11 is 1.37. The molecule has 2 heterocycles. The van der Waals surface area contributed by atoms with E-state index in [4.69, 9.17) is 0 Å². The Hall–Kier alpha value is -1.64. The first-order chi connectivity index (χ1) is 12.0. The van der Waals surface area contributed by atoms with Gasteiger partial charge in [0.15, 0.2) is 0 Å². The number of nitrogens with one attached hydrogen (secondary N) is 3. The fraction of sp³-hybridized carbons (Fsp3) is 0.529. The fourth-order valence-electron chi connectivity index (χ4n) is 3.03. The number of thioether (sulfide) groups is 1. The van der Waals surface area contributed by atoms with Crippen molar-refractivity contribution in [3.8, 4) is 0 Å². The van der Waals surface area contributed by atoms with E-state index < -0.39 is 17.4 Å². The first-order valence-corrected chi connectivity index (χ1v) is 9.41. The van der Waals surface area contributed by atoms with Crippen molar-refractivity contribution >= 4 is 23.6 Å². The monoisotopic (exact) mass is 367 g/mol. The average molecular weight is 367 g/mol. The van der Waals surface area contributed by atoms with E-state index in [1.165, 1.54) is 17.8 Å². The molecule has 0 aromatic heterocycles. The van der Waals surface area contributed by atoms with Gasteiger partial charge >= 0.3 is 0 Å². The Morgan fingerprint density at radius 3 is 2.84 bits per heavy atom. The highest BCUT2D eigenvalue weighted by molar-refractivity contribution is 8.00.